The Bertz CT molecular complexity index is 1160. The topological polar surface area (TPSA) is 56.6 Å². The van der Waals surface area contributed by atoms with Gasteiger partial charge >= 0.3 is 6.09 Å². The Balaban J connectivity index is 1.37. The summed E-state index contributed by atoms with van der Waals surface area (Å²) in [5.41, 5.74) is 4.36. The third-order valence-corrected chi connectivity index (χ3v) is 7.03. The van der Waals surface area contributed by atoms with Crippen LogP contribution in [0.4, 0.5) is 4.79 Å². The van der Waals surface area contributed by atoms with Crippen LogP contribution in [0, 0.1) is 17.2 Å². The molecule has 0 bridgehead atoms. The molecular weight excluding hydrogens is 422 g/mol. The van der Waals surface area contributed by atoms with Crippen LogP contribution in [0.5, 0.6) is 0 Å². The highest BCUT2D eigenvalue weighted by Crippen LogP contribution is 2.35. The molecule has 2 fully saturated rings. The number of carbonyl (C=O) groups excluding carboxylic acids is 1. The van der Waals surface area contributed by atoms with Crippen LogP contribution in [0.2, 0.25) is 0 Å². The van der Waals surface area contributed by atoms with Crippen molar-refractivity contribution in [2.75, 3.05) is 26.2 Å². The van der Waals surface area contributed by atoms with Crippen molar-refractivity contribution in [1.29, 1.82) is 5.26 Å². The molecule has 0 saturated carbocycles. The Morgan fingerprint density at radius 3 is 2.38 bits per heavy atom. The van der Waals surface area contributed by atoms with Gasteiger partial charge in [0.2, 0.25) is 0 Å². The van der Waals surface area contributed by atoms with Crippen molar-refractivity contribution in [3.05, 3.63) is 107 Å². The van der Waals surface area contributed by atoms with Crippen LogP contribution in [0.25, 0.3) is 0 Å². The van der Waals surface area contributed by atoms with Crippen LogP contribution in [0.3, 0.4) is 0 Å². The second-order valence-electron chi connectivity index (χ2n) is 9.36. The highest BCUT2D eigenvalue weighted by molar-refractivity contribution is 5.70. The number of nitrogens with zero attached hydrogens (tertiary/aromatic N) is 3. The maximum atomic E-state index is 12.7. The van der Waals surface area contributed by atoms with Gasteiger partial charge in [-0.1, -0.05) is 72.8 Å². The summed E-state index contributed by atoms with van der Waals surface area (Å²) >= 11 is 0. The largest absolute Gasteiger partial charge is 0.447 e. The van der Waals surface area contributed by atoms with Crippen molar-refractivity contribution < 1.29 is 9.53 Å². The van der Waals surface area contributed by atoms with Gasteiger partial charge in [0.15, 0.2) is 0 Å². The lowest BCUT2D eigenvalue weighted by molar-refractivity contribution is 0.151. The minimum atomic E-state index is -0.216. The fourth-order valence-corrected chi connectivity index (χ4v) is 5.35. The van der Waals surface area contributed by atoms with E-state index in [1.165, 1.54) is 16.7 Å². The molecule has 1 amide bonds. The third-order valence-electron chi connectivity index (χ3n) is 7.03. The van der Waals surface area contributed by atoms with Crippen molar-refractivity contribution in [3.63, 3.8) is 0 Å². The maximum absolute atomic E-state index is 12.7. The van der Waals surface area contributed by atoms with Gasteiger partial charge in [-0.05, 0) is 41.2 Å². The second-order valence-corrected chi connectivity index (χ2v) is 9.36. The average Bonchev–Trinajstić information content (AvgIpc) is 3.43. The SMILES string of the molecule is N#Cc1cccc([C@H]2CN(Cc3ccccc3)C[C@@H]2CN2C(=O)OC[C@@H]2Cc2ccccc2)c1. The van der Waals surface area contributed by atoms with E-state index in [4.69, 9.17) is 4.74 Å². The molecule has 2 heterocycles. The van der Waals surface area contributed by atoms with Crippen molar-refractivity contribution in [3.8, 4) is 6.07 Å². The lowest BCUT2D eigenvalue weighted by Gasteiger charge is -2.27. The molecule has 2 aliphatic rings. The first-order valence-corrected chi connectivity index (χ1v) is 11.9. The minimum absolute atomic E-state index is 0.0455. The summed E-state index contributed by atoms with van der Waals surface area (Å²) in [5.74, 6) is 0.518. The molecule has 0 spiro atoms. The number of nitriles is 1. The predicted octanol–water partition coefficient (Wildman–Crippen LogP) is 4.84. The number of amides is 1. The monoisotopic (exact) mass is 451 g/mol. The van der Waals surface area contributed by atoms with E-state index in [0.29, 0.717) is 18.7 Å². The molecule has 0 radical (unpaired) electrons. The van der Waals surface area contributed by atoms with Crippen LogP contribution in [-0.4, -0.2) is 48.2 Å². The van der Waals surface area contributed by atoms with E-state index in [2.05, 4.69) is 53.4 Å². The Hall–Kier alpha value is -3.62. The first-order chi connectivity index (χ1) is 16.7. The first-order valence-electron chi connectivity index (χ1n) is 11.9. The van der Waals surface area contributed by atoms with Gasteiger partial charge in [0.05, 0.1) is 17.7 Å². The molecule has 3 aromatic carbocycles. The smallest absolute Gasteiger partial charge is 0.410 e. The summed E-state index contributed by atoms with van der Waals surface area (Å²) in [7, 11) is 0. The van der Waals surface area contributed by atoms with Crippen LogP contribution < -0.4 is 0 Å². The summed E-state index contributed by atoms with van der Waals surface area (Å²) in [6.07, 6.45) is 0.577. The van der Waals surface area contributed by atoms with Gasteiger partial charge in [0.1, 0.15) is 6.61 Å². The van der Waals surface area contributed by atoms with E-state index >= 15 is 0 Å². The quantitative estimate of drug-likeness (QED) is 0.516. The van der Waals surface area contributed by atoms with Crippen molar-refractivity contribution in [2.45, 2.75) is 24.9 Å². The maximum Gasteiger partial charge on any atom is 0.410 e. The van der Waals surface area contributed by atoms with Crippen molar-refractivity contribution in [2.24, 2.45) is 5.92 Å². The number of carbonyl (C=O) groups is 1. The number of rotatable bonds is 7. The molecule has 2 aliphatic heterocycles. The number of hydrogen-bond acceptors (Lipinski definition) is 4. The number of ether oxygens (including phenoxy) is 1. The molecule has 0 unspecified atom stereocenters. The zero-order valence-corrected chi connectivity index (χ0v) is 19.2. The highest BCUT2D eigenvalue weighted by Gasteiger charge is 2.40. The molecular formula is C29H29N3O2. The molecule has 5 rings (SSSR count). The molecule has 3 atom stereocenters. The summed E-state index contributed by atoms with van der Waals surface area (Å²) in [6, 6.07) is 31.1. The van der Waals surface area contributed by atoms with E-state index in [1.807, 2.05) is 47.4 Å². The van der Waals surface area contributed by atoms with Gasteiger partial charge in [-0.15, -0.1) is 0 Å². The van der Waals surface area contributed by atoms with Gasteiger partial charge in [0, 0.05) is 32.1 Å². The molecule has 5 heteroatoms. The number of benzene rings is 3. The second kappa shape index (κ2) is 10.1. The predicted molar refractivity (Wildman–Crippen MR) is 131 cm³/mol. The molecule has 0 aromatic heterocycles. The van der Waals surface area contributed by atoms with E-state index in [9.17, 15) is 10.1 Å². The highest BCUT2D eigenvalue weighted by atomic mass is 16.6. The van der Waals surface area contributed by atoms with Crippen molar-refractivity contribution in [1.82, 2.24) is 9.80 Å². The molecule has 0 N–H and O–H groups in total. The van der Waals surface area contributed by atoms with Crippen LogP contribution in [0.1, 0.15) is 28.2 Å². The molecule has 3 aromatic rings. The Morgan fingerprint density at radius 1 is 0.912 bits per heavy atom. The van der Waals surface area contributed by atoms with E-state index in [-0.39, 0.29) is 24.0 Å². The summed E-state index contributed by atoms with van der Waals surface area (Å²) in [4.78, 5) is 17.1. The first kappa shape index (κ1) is 22.2. The Labute approximate surface area is 201 Å². The van der Waals surface area contributed by atoms with Crippen LogP contribution in [-0.2, 0) is 17.7 Å². The summed E-state index contributed by atoms with van der Waals surface area (Å²) in [5, 5.41) is 9.43. The van der Waals surface area contributed by atoms with Crippen LogP contribution in [0.15, 0.2) is 84.9 Å². The van der Waals surface area contributed by atoms with E-state index in [0.717, 1.165) is 26.1 Å². The zero-order chi connectivity index (χ0) is 23.3. The summed E-state index contributed by atoms with van der Waals surface area (Å²) in [6.45, 7) is 3.77. The van der Waals surface area contributed by atoms with Gasteiger partial charge in [-0.25, -0.2) is 4.79 Å². The molecule has 2 saturated heterocycles. The minimum Gasteiger partial charge on any atom is -0.447 e. The fraction of sp³-hybridized carbons (Fsp3) is 0.310. The average molecular weight is 452 g/mol. The number of hydrogen-bond donors (Lipinski definition) is 0. The van der Waals surface area contributed by atoms with Gasteiger partial charge in [-0.2, -0.15) is 5.26 Å². The number of cyclic esters (lactones) is 1. The molecule has 172 valence electrons. The van der Waals surface area contributed by atoms with Crippen LogP contribution >= 0.6 is 0 Å². The van der Waals surface area contributed by atoms with Crippen molar-refractivity contribution >= 4 is 6.09 Å². The lowest BCUT2D eigenvalue weighted by Crippen LogP contribution is -2.40. The van der Waals surface area contributed by atoms with E-state index in [1.54, 1.807) is 0 Å². The summed E-state index contributed by atoms with van der Waals surface area (Å²) < 4.78 is 5.49. The Kier molecular flexibility index (Phi) is 6.60. The Morgan fingerprint density at radius 2 is 1.65 bits per heavy atom. The van der Waals surface area contributed by atoms with Gasteiger partial charge in [-0.3, -0.25) is 4.90 Å². The molecule has 0 aliphatic carbocycles. The normalized spacial score (nSPS) is 22.5. The van der Waals surface area contributed by atoms with E-state index < -0.39 is 0 Å². The molecule has 34 heavy (non-hydrogen) atoms. The molecule has 5 nitrogen and oxygen atoms in total. The fourth-order valence-electron chi connectivity index (χ4n) is 5.35. The standard InChI is InChI=1S/C29H29N3O2/c30-16-24-12-7-13-25(14-24)28-20-31(17-23-10-5-2-6-11-23)18-26(28)19-32-27(21-34-29(32)33)15-22-8-3-1-4-9-22/h1-14,26-28H,15,17-21H2/t26-,27+,28-/m1/s1. The zero-order valence-electron chi connectivity index (χ0n) is 19.2. The lowest BCUT2D eigenvalue weighted by atomic mass is 9.87. The van der Waals surface area contributed by atoms with Gasteiger partial charge in [0.25, 0.3) is 0 Å². The third kappa shape index (κ3) is 4.98. The van der Waals surface area contributed by atoms with Gasteiger partial charge < -0.3 is 9.64 Å². The number of likely N-dealkylation sites (tertiary alicyclic amines) is 1.